The van der Waals surface area contributed by atoms with Crippen molar-refractivity contribution in [2.75, 3.05) is 13.2 Å². The molecule has 1 fully saturated rings. The van der Waals surface area contributed by atoms with Crippen LogP contribution < -0.4 is 4.74 Å². The van der Waals surface area contributed by atoms with E-state index in [0.29, 0.717) is 24.0 Å². The van der Waals surface area contributed by atoms with Crippen molar-refractivity contribution in [1.29, 1.82) is 0 Å². The van der Waals surface area contributed by atoms with Crippen LogP contribution in [0.25, 0.3) is 0 Å². The summed E-state index contributed by atoms with van der Waals surface area (Å²) in [7, 11) is 0. The highest BCUT2D eigenvalue weighted by Crippen LogP contribution is 2.26. The number of hydrogen-bond donors (Lipinski definition) is 1. The molecule has 2 unspecified atom stereocenters. The van der Waals surface area contributed by atoms with Gasteiger partial charge in [0.25, 0.3) is 0 Å². The van der Waals surface area contributed by atoms with Crippen molar-refractivity contribution in [3.63, 3.8) is 0 Å². The number of benzene rings is 1. The Morgan fingerprint density at radius 3 is 3.05 bits per heavy atom. The summed E-state index contributed by atoms with van der Waals surface area (Å²) >= 11 is 0. The van der Waals surface area contributed by atoms with Gasteiger partial charge in [0.1, 0.15) is 11.6 Å². The molecule has 3 nitrogen and oxygen atoms in total. The van der Waals surface area contributed by atoms with Crippen LogP contribution in [0.5, 0.6) is 5.75 Å². The third-order valence-corrected chi connectivity index (χ3v) is 3.37. The van der Waals surface area contributed by atoms with Crippen LogP contribution in [0.2, 0.25) is 0 Å². The molecule has 0 radical (unpaired) electrons. The lowest BCUT2D eigenvalue weighted by molar-refractivity contribution is 0.0978. The zero-order valence-electron chi connectivity index (χ0n) is 11.3. The lowest BCUT2D eigenvalue weighted by Gasteiger charge is -2.14. The van der Waals surface area contributed by atoms with Crippen LogP contribution in [-0.4, -0.2) is 24.4 Å². The molecule has 1 aliphatic rings. The van der Waals surface area contributed by atoms with Crippen molar-refractivity contribution in [1.82, 2.24) is 0 Å². The Kier molecular flexibility index (Phi) is 5.16. The zero-order chi connectivity index (χ0) is 13.7. The van der Waals surface area contributed by atoms with Crippen molar-refractivity contribution in [3.8, 4) is 5.75 Å². The van der Waals surface area contributed by atoms with E-state index in [1.54, 1.807) is 13.0 Å². The maximum atomic E-state index is 13.1. The highest BCUT2D eigenvalue weighted by Gasteiger charge is 2.15. The Balaban J connectivity index is 1.81. The molecule has 0 saturated carbocycles. The smallest absolute Gasteiger partial charge is 0.125 e. The van der Waals surface area contributed by atoms with Gasteiger partial charge in [0.2, 0.25) is 0 Å². The monoisotopic (exact) mass is 268 g/mol. The lowest BCUT2D eigenvalue weighted by Crippen LogP contribution is -2.08. The van der Waals surface area contributed by atoms with Crippen LogP contribution >= 0.6 is 0 Å². The third-order valence-electron chi connectivity index (χ3n) is 3.37. The Morgan fingerprint density at radius 2 is 2.37 bits per heavy atom. The molecule has 0 bridgehead atoms. The van der Waals surface area contributed by atoms with E-state index in [-0.39, 0.29) is 5.82 Å². The first-order valence-corrected chi connectivity index (χ1v) is 6.88. The third kappa shape index (κ3) is 4.18. The minimum absolute atomic E-state index is 0.359. The van der Waals surface area contributed by atoms with Crippen LogP contribution in [0.1, 0.15) is 44.3 Å². The molecule has 2 atom stereocenters. The molecule has 1 N–H and O–H groups in total. The normalized spacial score (nSPS) is 20.5. The van der Waals surface area contributed by atoms with Crippen LogP contribution in [0.15, 0.2) is 18.2 Å². The van der Waals surface area contributed by atoms with Crippen molar-refractivity contribution in [2.24, 2.45) is 0 Å². The molecule has 106 valence electrons. The molecular formula is C15H21FO3. The minimum atomic E-state index is -0.733. The van der Waals surface area contributed by atoms with Crippen LogP contribution in [0, 0.1) is 5.82 Å². The fourth-order valence-electron chi connectivity index (χ4n) is 2.34. The summed E-state index contributed by atoms with van der Waals surface area (Å²) in [5.74, 6) is 0.200. The number of halogens is 1. The molecule has 0 aliphatic carbocycles. The van der Waals surface area contributed by atoms with Gasteiger partial charge in [0.15, 0.2) is 0 Å². The fourth-order valence-corrected chi connectivity index (χ4v) is 2.34. The molecule has 0 amide bonds. The van der Waals surface area contributed by atoms with Crippen LogP contribution in [0.4, 0.5) is 4.39 Å². The number of aliphatic hydroxyl groups excluding tert-OH is 1. The number of ether oxygens (including phenoxy) is 2. The van der Waals surface area contributed by atoms with E-state index in [0.717, 1.165) is 32.3 Å². The van der Waals surface area contributed by atoms with Crippen LogP contribution in [-0.2, 0) is 4.74 Å². The van der Waals surface area contributed by atoms with Gasteiger partial charge in [-0.05, 0) is 50.8 Å². The predicted molar refractivity (Wildman–Crippen MR) is 70.7 cm³/mol. The van der Waals surface area contributed by atoms with Gasteiger partial charge in [0.05, 0.1) is 18.8 Å². The first-order valence-electron chi connectivity index (χ1n) is 6.88. The largest absolute Gasteiger partial charge is 0.493 e. The Morgan fingerprint density at radius 1 is 1.53 bits per heavy atom. The first kappa shape index (κ1) is 14.3. The summed E-state index contributed by atoms with van der Waals surface area (Å²) in [5.41, 5.74) is 0.497. The molecule has 19 heavy (non-hydrogen) atoms. The molecular weight excluding hydrogens is 247 g/mol. The molecule has 1 heterocycles. The predicted octanol–water partition coefficient (Wildman–Crippen LogP) is 3.22. The van der Waals surface area contributed by atoms with Gasteiger partial charge in [-0.1, -0.05) is 0 Å². The zero-order valence-corrected chi connectivity index (χ0v) is 11.3. The average molecular weight is 268 g/mol. The van der Waals surface area contributed by atoms with E-state index in [9.17, 15) is 9.50 Å². The van der Waals surface area contributed by atoms with E-state index in [2.05, 4.69) is 0 Å². The number of aliphatic hydroxyl groups is 1. The van der Waals surface area contributed by atoms with Crippen molar-refractivity contribution >= 4 is 0 Å². The number of hydrogen-bond acceptors (Lipinski definition) is 3. The standard InChI is InChI=1S/C15H21FO3/c1-11(17)14-10-12(16)6-7-15(14)19-9-3-5-13-4-2-8-18-13/h6-7,10-11,13,17H,2-5,8-9H2,1H3. The van der Waals surface area contributed by atoms with Gasteiger partial charge in [0, 0.05) is 12.2 Å². The van der Waals surface area contributed by atoms with E-state index < -0.39 is 6.10 Å². The fraction of sp³-hybridized carbons (Fsp3) is 0.600. The first-order chi connectivity index (χ1) is 9.16. The number of rotatable bonds is 6. The molecule has 0 spiro atoms. The van der Waals surface area contributed by atoms with E-state index >= 15 is 0 Å². The molecule has 1 saturated heterocycles. The van der Waals surface area contributed by atoms with Crippen molar-refractivity contribution in [3.05, 3.63) is 29.6 Å². The highest BCUT2D eigenvalue weighted by atomic mass is 19.1. The maximum absolute atomic E-state index is 13.1. The van der Waals surface area contributed by atoms with Gasteiger partial charge < -0.3 is 14.6 Å². The molecule has 1 aliphatic heterocycles. The van der Waals surface area contributed by atoms with Crippen molar-refractivity contribution in [2.45, 2.75) is 44.8 Å². The van der Waals surface area contributed by atoms with Gasteiger partial charge in [-0.25, -0.2) is 4.39 Å². The lowest BCUT2D eigenvalue weighted by atomic mass is 10.1. The minimum Gasteiger partial charge on any atom is -0.493 e. The van der Waals surface area contributed by atoms with Gasteiger partial charge >= 0.3 is 0 Å². The molecule has 1 aromatic carbocycles. The van der Waals surface area contributed by atoms with Gasteiger partial charge in [-0.3, -0.25) is 0 Å². The topological polar surface area (TPSA) is 38.7 Å². The second-order valence-corrected chi connectivity index (χ2v) is 4.98. The Bertz CT molecular complexity index is 400. The Hall–Kier alpha value is -1.13. The summed E-state index contributed by atoms with van der Waals surface area (Å²) in [4.78, 5) is 0. The maximum Gasteiger partial charge on any atom is 0.125 e. The summed E-state index contributed by atoms with van der Waals surface area (Å²) < 4.78 is 24.3. The van der Waals surface area contributed by atoms with Gasteiger partial charge in [-0.2, -0.15) is 0 Å². The summed E-state index contributed by atoms with van der Waals surface area (Å²) in [6, 6.07) is 4.24. The SMILES string of the molecule is CC(O)c1cc(F)ccc1OCCCC1CCCO1. The second kappa shape index (κ2) is 6.87. The summed E-state index contributed by atoms with van der Waals surface area (Å²) in [5, 5.41) is 9.59. The van der Waals surface area contributed by atoms with Crippen molar-refractivity contribution < 1.29 is 19.0 Å². The molecule has 0 aromatic heterocycles. The second-order valence-electron chi connectivity index (χ2n) is 4.98. The van der Waals surface area contributed by atoms with E-state index in [1.165, 1.54) is 12.1 Å². The summed E-state index contributed by atoms with van der Waals surface area (Å²) in [6.07, 6.45) is 3.81. The summed E-state index contributed by atoms with van der Waals surface area (Å²) in [6.45, 7) is 3.04. The quantitative estimate of drug-likeness (QED) is 0.805. The molecule has 2 rings (SSSR count). The molecule has 4 heteroatoms. The van der Waals surface area contributed by atoms with Gasteiger partial charge in [-0.15, -0.1) is 0 Å². The highest BCUT2D eigenvalue weighted by molar-refractivity contribution is 5.35. The van der Waals surface area contributed by atoms with Crippen LogP contribution in [0.3, 0.4) is 0 Å². The van der Waals surface area contributed by atoms with E-state index in [4.69, 9.17) is 9.47 Å². The average Bonchev–Trinajstić information content (AvgIpc) is 2.89. The Labute approximate surface area is 113 Å². The van der Waals surface area contributed by atoms with E-state index in [1.807, 2.05) is 0 Å². The molecule has 1 aromatic rings.